The van der Waals surface area contributed by atoms with E-state index in [0.29, 0.717) is 0 Å². The van der Waals surface area contributed by atoms with Gasteiger partial charge in [-0.15, -0.1) is 0 Å². The highest BCUT2D eigenvalue weighted by atomic mass is 79.9. The molecule has 18 heavy (non-hydrogen) atoms. The van der Waals surface area contributed by atoms with Gasteiger partial charge in [-0.1, -0.05) is 15.9 Å². The Bertz CT molecular complexity index is 533. The fraction of sp³-hybridized carbons (Fsp3) is 0.250. The molecule has 1 aromatic rings. The van der Waals surface area contributed by atoms with Crippen LogP contribution in [-0.4, -0.2) is 24.8 Å². The third-order valence-corrected chi connectivity index (χ3v) is 3.10. The monoisotopic (exact) mass is 307 g/mol. The summed E-state index contributed by atoms with van der Waals surface area (Å²) in [6.07, 6.45) is 0.277. The zero-order chi connectivity index (χ0) is 13.1. The third-order valence-electron chi connectivity index (χ3n) is 2.57. The molecule has 6 heteroatoms. The molecule has 0 amide bonds. The number of esters is 1. The second-order valence-corrected chi connectivity index (χ2v) is 4.62. The Kier molecular flexibility index (Phi) is 3.63. The van der Waals surface area contributed by atoms with Crippen LogP contribution in [0.25, 0.3) is 0 Å². The number of rotatable bonds is 2. The maximum absolute atomic E-state index is 11.4. The second kappa shape index (κ2) is 5.19. The molecule has 5 nitrogen and oxygen atoms in total. The van der Waals surface area contributed by atoms with Gasteiger partial charge in [-0.25, -0.2) is 9.80 Å². The van der Waals surface area contributed by atoms with E-state index in [9.17, 15) is 4.79 Å². The van der Waals surface area contributed by atoms with Gasteiger partial charge in [0.15, 0.2) is 0 Å². The minimum absolute atomic E-state index is 0.270. The highest BCUT2D eigenvalue weighted by molar-refractivity contribution is 9.10. The summed E-state index contributed by atoms with van der Waals surface area (Å²) in [7, 11) is 1.30. The molecule has 1 aliphatic heterocycles. The largest absolute Gasteiger partial charge is 0.464 e. The first-order valence-corrected chi connectivity index (χ1v) is 6.05. The molecule has 0 spiro atoms. The van der Waals surface area contributed by atoms with Gasteiger partial charge in [0, 0.05) is 10.9 Å². The summed E-state index contributed by atoms with van der Waals surface area (Å²) in [6, 6.07) is 9.03. The fourth-order valence-corrected chi connectivity index (χ4v) is 1.95. The molecular formula is C12H10BrN3O2. The van der Waals surface area contributed by atoms with Gasteiger partial charge in [0.25, 0.3) is 0 Å². The molecule has 1 heterocycles. The van der Waals surface area contributed by atoms with Crippen molar-refractivity contribution < 1.29 is 9.53 Å². The first kappa shape index (κ1) is 12.6. The van der Waals surface area contributed by atoms with Gasteiger partial charge in [0.2, 0.25) is 0 Å². The summed E-state index contributed by atoms with van der Waals surface area (Å²) in [4.78, 5) is 11.4. The zero-order valence-electron chi connectivity index (χ0n) is 9.63. The Morgan fingerprint density at radius 3 is 2.78 bits per heavy atom. The van der Waals surface area contributed by atoms with Crippen LogP contribution in [0.4, 0.5) is 5.69 Å². The molecule has 0 saturated carbocycles. The van der Waals surface area contributed by atoms with E-state index in [1.54, 1.807) is 5.01 Å². The number of hydrazone groups is 1. The number of ether oxygens (including phenoxy) is 1. The summed E-state index contributed by atoms with van der Waals surface area (Å²) in [6.45, 7) is 0. The Morgan fingerprint density at radius 1 is 1.56 bits per heavy atom. The standard InChI is InChI=1S/C12H10BrN3O2/c1-18-12(17)11-6-10(7-14)16(15-11)9-4-2-8(13)3-5-9/h2-5,10H,6H2,1H3. The van der Waals surface area contributed by atoms with Crippen molar-refractivity contribution in [3.8, 4) is 6.07 Å². The van der Waals surface area contributed by atoms with Crippen LogP contribution in [0.15, 0.2) is 33.8 Å². The van der Waals surface area contributed by atoms with Crippen molar-refractivity contribution >= 4 is 33.3 Å². The predicted octanol–water partition coefficient (Wildman–Crippen LogP) is 2.08. The number of methoxy groups -OCH3 is 1. The van der Waals surface area contributed by atoms with Crippen molar-refractivity contribution in [1.29, 1.82) is 5.26 Å². The predicted molar refractivity (Wildman–Crippen MR) is 70.1 cm³/mol. The van der Waals surface area contributed by atoms with Crippen molar-refractivity contribution in [2.45, 2.75) is 12.5 Å². The van der Waals surface area contributed by atoms with Crippen LogP contribution in [0.2, 0.25) is 0 Å². The Hall–Kier alpha value is -1.87. The van der Waals surface area contributed by atoms with Gasteiger partial charge >= 0.3 is 5.97 Å². The van der Waals surface area contributed by atoms with E-state index in [2.05, 4.69) is 31.8 Å². The highest BCUT2D eigenvalue weighted by Gasteiger charge is 2.31. The number of hydrogen-bond acceptors (Lipinski definition) is 5. The van der Waals surface area contributed by atoms with Crippen molar-refractivity contribution in [3.05, 3.63) is 28.7 Å². The number of carbonyl (C=O) groups excluding carboxylic acids is 1. The average Bonchev–Trinajstić information content (AvgIpc) is 2.83. The molecule has 1 unspecified atom stereocenters. The molecule has 0 fully saturated rings. The van der Waals surface area contributed by atoms with Gasteiger partial charge in [-0.3, -0.25) is 0 Å². The van der Waals surface area contributed by atoms with E-state index in [1.807, 2.05) is 24.3 Å². The van der Waals surface area contributed by atoms with E-state index in [1.165, 1.54) is 7.11 Å². The van der Waals surface area contributed by atoms with Crippen LogP contribution in [-0.2, 0) is 9.53 Å². The Labute approximate surface area is 113 Å². The number of carbonyl (C=O) groups is 1. The maximum Gasteiger partial charge on any atom is 0.354 e. The topological polar surface area (TPSA) is 65.7 Å². The maximum atomic E-state index is 11.4. The van der Waals surface area contributed by atoms with Crippen LogP contribution in [0.5, 0.6) is 0 Å². The number of hydrogen-bond donors (Lipinski definition) is 0. The van der Waals surface area contributed by atoms with E-state index in [4.69, 9.17) is 5.26 Å². The molecule has 0 bridgehead atoms. The summed E-state index contributed by atoms with van der Waals surface area (Å²) in [5.41, 5.74) is 1.04. The zero-order valence-corrected chi connectivity index (χ0v) is 11.2. The van der Waals surface area contributed by atoms with Gasteiger partial charge < -0.3 is 4.74 Å². The van der Waals surface area contributed by atoms with Crippen LogP contribution in [0.1, 0.15) is 6.42 Å². The van der Waals surface area contributed by atoms with Gasteiger partial charge in [-0.2, -0.15) is 10.4 Å². The number of benzene rings is 1. The molecule has 0 radical (unpaired) electrons. The summed E-state index contributed by atoms with van der Waals surface area (Å²) in [5, 5.41) is 14.8. The van der Waals surface area contributed by atoms with Crippen LogP contribution < -0.4 is 5.01 Å². The van der Waals surface area contributed by atoms with Gasteiger partial charge in [0.1, 0.15) is 11.8 Å². The molecule has 2 rings (SSSR count). The lowest BCUT2D eigenvalue weighted by atomic mass is 10.1. The van der Waals surface area contributed by atoms with E-state index in [0.717, 1.165) is 10.2 Å². The fourth-order valence-electron chi connectivity index (χ4n) is 1.68. The van der Waals surface area contributed by atoms with E-state index in [-0.39, 0.29) is 12.1 Å². The molecule has 0 saturated heterocycles. The normalized spacial score (nSPS) is 18.2. The third kappa shape index (κ3) is 2.36. The molecule has 1 aliphatic rings. The first-order chi connectivity index (χ1) is 8.65. The van der Waals surface area contributed by atoms with Crippen molar-refractivity contribution in [2.75, 3.05) is 12.1 Å². The summed E-state index contributed by atoms with van der Waals surface area (Å²) >= 11 is 3.34. The van der Waals surface area contributed by atoms with Gasteiger partial charge in [0.05, 0.1) is 18.9 Å². The molecular weight excluding hydrogens is 298 g/mol. The lowest BCUT2D eigenvalue weighted by molar-refractivity contribution is -0.132. The number of anilines is 1. The lowest BCUT2D eigenvalue weighted by Crippen LogP contribution is -2.24. The van der Waals surface area contributed by atoms with E-state index >= 15 is 0 Å². The smallest absolute Gasteiger partial charge is 0.354 e. The molecule has 0 aromatic heterocycles. The van der Waals surface area contributed by atoms with Crippen molar-refractivity contribution in [2.24, 2.45) is 5.10 Å². The SMILES string of the molecule is COC(=O)C1=NN(c2ccc(Br)cc2)C(C#N)C1. The Balaban J connectivity index is 2.30. The molecule has 1 atom stereocenters. The minimum Gasteiger partial charge on any atom is -0.464 e. The van der Waals surface area contributed by atoms with Crippen molar-refractivity contribution in [3.63, 3.8) is 0 Å². The first-order valence-electron chi connectivity index (χ1n) is 5.26. The molecule has 0 aliphatic carbocycles. The van der Waals surface area contributed by atoms with Crippen molar-refractivity contribution in [1.82, 2.24) is 0 Å². The minimum atomic E-state index is -0.491. The van der Waals surface area contributed by atoms with Crippen LogP contribution in [0.3, 0.4) is 0 Å². The quantitative estimate of drug-likeness (QED) is 0.785. The lowest BCUT2D eigenvalue weighted by Gasteiger charge is -2.17. The summed E-state index contributed by atoms with van der Waals surface area (Å²) in [5.74, 6) is -0.491. The number of nitriles is 1. The van der Waals surface area contributed by atoms with Gasteiger partial charge in [-0.05, 0) is 24.3 Å². The molecule has 0 N–H and O–H groups in total. The van der Waals surface area contributed by atoms with Crippen LogP contribution >= 0.6 is 15.9 Å². The number of halogens is 1. The average molecular weight is 308 g/mol. The Morgan fingerprint density at radius 2 is 2.22 bits per heavy atom. The second-order valence-electron chi connectivity index (χ2n) is 3.71. The molecule has 92 valence electrons. The molecule has 1 aromatic carbocycles. The summed E-state index contributed by atoms with van der Waals surface area (Å²) < 4.78 is 5.56. The number of nitrogens with zero attached hydrogens (tertiary/aromatic N) is 3. The highest BCUT2D eigenvalue weighted by Crippen LogP contribution is 2.26. The van der Waals surface area contributed by atoms with Crippen LogP contribution in [0, 0.1) is 11.3 Å². The van der Waals surface area contributed by atoms with E-state index < -0.39 is 12.0 Å².